The van der Waals surface area contributed by atoms with Crippen LogP contribution in [0.1, 0.15) is 0 Å². The topological polar surface area (TPSA) is 73.9 Å². The first kappa shape index (κ1) is 9.39. The van der Waals surface area contributed by atoms with Gasteiger partial charge in [-0.1, -0.05) is 0 Å². The molecule has 0 radical (unpaired) electrons. The molecule has 2 aromatic heterocycles. The van der Waals surface area contributed by atoms with Crippen LogP contribution in [-0.4, -0.2) is 22.1 Å². The van der Waals surface area contributed by atoms with Gasteiger partial charge in [0.2, 0.25) is 0 Å². The van der Waals surface area contributed by atoms with Gasteiger partial charge in [-0.2, -0.15) is 0 Å². The van der Waals surface area contributed by atoms with Crippen molar-refractivity contribution >= 4 is 5.82 Å². The number of nitrogen functional groups attached to an aromatic ring is 1. The fourth-order valence-electron chi connectivity index (χ4n) is 1.26. The summed E-state index contributed by atoms with van der Waals surface area (Å²) in [6.07, 6.45) is 4.76. The van der Waals surface area contributed by atoms with Crippen LogP contribution in [0.25, 0.3) is 11.4 Å². The maximum atomic E-state index is 5.71. The Hall–Kier alpha value is -2.17. The second-order valence-electron chi connectivity index (χ2n) is 2.84. The standard InChI is InChI=1S/C10H10N4O/c1-15-7-3-2-4-12-8(7)9-10(11)14-6-5-13-9/h2-6H,1H3,(H2,11,14). The summed E-state index contributed by atoms with van der Waals surface area (Å²) in [4.78, 5) is 12.3. The van der Waals surface area contributed by atoms with Crippen LogP contribution in [0.2, 0.25) is 0 Å². The molecule has 2 rings (SSSR count). The van der Waals surface area contributed by atoms with E-state index < -0.39 is 0 Å². The second kappa shape index (κ2) is 3.91. The molecule has 76 valence electrons. The Bertz CT molecular complexity index is 472. The molecular weight excluding hydrogens is 192 g/mol. The van der Waals surface area contributed by atoms with Gasteiger partial charge in [0, 0.05) is 18.6 Å². The van der Waals surface area contributed by atoms with Gasteiger partial charge in [-0.05, 0) is 12.1 Å². The van der Waals surface area contributed by atoms with Gasteiger partial charge in [-0.3, -0.25) is 4.98 Å². The van der Waals surface area contributed by atoms with Crippen LogP contribution in [0.3, 0.4) is 0 Å². The molecule has 5 nitrogen and oxygen atoms in total. The van der Waals surface area contributed by atoms with E-state index in [9.17, 15) is 0 Å². The molecule has 0 unspecified atom stereocenters. The average molecular weight is 202 g/mol. The number of rotatable bonds is 2. The van der Waals surface area contributed by atoms with Crippen molar-refractivity contribution < 1.29 is 4.74 Å². The summed E-state index contributed by atoms with van der Waals surface area (Å²) in [6, 6.07) is 3.59. The van der Waals surface area contributed by atoms with Gasteiger partial charge < -0.3 is 10.5 Å². The average Bonchev–Trinajstić information content (AvgIpc) is 2.30. The fraction of sp³-hybridized carbons (Fsp3) is 0.100. The summed E-state index contributed by atoms with van der Waals surface area (Å²) in [6.45, 7) is 0. The molecule has 0 aliphatic rings. The maximum Gasteiger partial charge on any atom is 0.151 e. The highest BCUT2D eigenvalue weighted by molar-refractivity contribution is 5.71. The van der Waals surface area contributed by atoms with Crippen molar-refractivity contribution in [1.82, 2.24) is 15.0 Å². The lowest BCUT2D eigenvalue weighted by atomic mass is 10.2. The molecule has 0 fully saturated rings. The summed E-state index contributed by atoms with van der Waals surface area (Å²) < 4.78 is 5.17. The van der Waals surface area contributed by atoms with Crippen molar-refractivity contribution in [2.45, 2.75) is 0 Å². The Morgan fingerprint density at radius 1 is 1.07 bits per heavy atom. The Balaban J connectivity index is 2.59. The minimum atomic E-state index is 0.342. The summed E-state index contributed by atoms with van der Waals surface area (Å²) in [5.41, 5.74) is 6.85. The lowest BCUT2D eigenvalue weighted by molar-refractivity contribution is 0.414. The van der Waals surface area contributed by atoms with Gasteiger partial charge in [-0.15, -0.1) is 0 Å². The van der Waals surface area contributed by atoms with Gasteiger partial charge in [0.15, 0.2) is 5.82 Å². The van der Waals surface area contributed by atoms with E-state index in [0.29, 0.717) is 23.0 Å². The number of hydrogen-bond donors (Lipinski definition) is 1. The first-order chi connectivity index (χ1) is 7.33. The highest BCUT2D eigenvalue weighted by atomic mass is 16.5. The van der Waals surface area contributed by atoms with Crippen LogP contribution in [0.4, 0.5) is 5.82 Å². The largest absolute Gasteiger partial charge is 0.494 e. The molecule has 0 bridgehead atoms. The van der Waals surface area contributed by atoms with Crippen LogP contribution >= 0.6 is 0 Å². The number of anilines is 1. The van der Waals surface area contributed by atoms with Gasteiger partial charge in [0.25, 0.3) is 0 Å². The molecule has 0 amide bonds. The molecule has 2 heterocycles. The molecule has 0 aliphatic carbocycles. The van der Waals surface area contributed by atoms with E-state index in [1.165, 1.54) is 6.20 Å². The Labute approximate surface area is 87.0 Å². The van der Waals surface area contributed by atoms with Crippen molar-refractivity contribution in [3.63, 3.8) is 0 Å². The van der Waals surface area contributed by atoms with Crippen LogP contribution < -0.4 is 10.5 Å². The van der Waals surface area contributed by atoms with Crippen molar-refractivity contribution in [3.05, 3.63) is 30.7 Å². The highest BCUT2D eigenvalue weighted by Gasteiger charge is 2.11. The predicted molar refractivity (Wildman–Crippen MR) is 56.2 cm³/mol. The lowest BCUT2D eigenvalue weighted by Crippen LogP contribution is -1.99. The number of hydrogen-bond acceptors (Lipinski definition) is 5. The zero-order chi connectivity index (χ0) is 10.7. The molecule has 0 atom stereocenters. The van der Waals surface area contributed by atoms with E-state index in [1.54, 1.807) is 31.6 Å². The predicted octanol–water partition coefficient (Wildman–Crippen LogP) is 1.13. The van der Waals surface area contributed by atoms with Gasteiger partial charge in [0.1, 0.15) is 17.1 Å². The molecule has 0 saturated heterocycles. The number of ether oxygens (including phenoxy) is 1. The molecule has 0 spiro atoms. The molecule has 0 aromatic carbocycles. The fourth-order valence-corrected chi connectivity index (χ4v) is 1.26. The monoisotopic (exact) mass is 202 g/mol. The summed E-state index contributed by atoms with van der Waals surface area (Å²) in [7, 11) is 1.58. The van der Waals surface area contributed by atoms with E-state index in [2.05, 4.69) is 15.0 Å². The SMILES string of the molecule is COc1cccnc1-c1nccnc1N. The van der Waals surface area contributed by atoms with E-state index in [0.717, 1.165) is 0 Å². The third-order valence-electron chi connectivity index (χ3n) is 1.94. The van der Waals surface area contributed by atoms with Crippen LogP contribution in [0.15, 0.2) is 30.7 Å². The molecule has 0 aliphatic heterocycles. The first-order valence-electron chi connectivity index (χ1n) is 4.39. The maximum absolute atomic E-state index is 5.71. The molecule has 5 heteroatoms. The minimum absolute atomic E-state index is 0.342. The van der Waals surface area contributed by atoms with Gasteiger partial charge in [-0.25, -0.2) is 9.97 Å². The van der Waals surface area contributed by atoms with E-state index >= 15 is 0 Å². The number of nitrogens with zero attached hydrogens (tertiary/aromatic N) is 3. The van der Waals surface area contributed by atoms with Gasteiger partial charge >= 0.3 is 0 Å². The first-order valence-corrected chi connectivity index (χ1v) is 4.39. The lowest BCUT2D eigenvalue weighted by Gasteiger charge is -2.06. The molecule has 2 aromatic rings. The third kappa shape index (κ3) is 1.71. The second-order valence-corrected chi connectivity index (χ2v) is 2.84. The minimum Gasteiger partial charge on any atom is -0.494 e. The summed E-state index contributed by atoms with van der Waals surface area (Å²) in [5.74, 6) is 0.971. The third-order valence-corrected chi connectivity index (χ3v) is 1.94. The molecule has 15 heavy (non-hydrogen) atoms. The quantitative estimate of drug-likeness (QED) is 0.790. The number of methoxy groups -OCH3 is 1. The molecule has 0 saturated carbocycles. The highest BCUT2D eigenvalue weighted by Crippen LogP contribution is 2.27. The molecular formula is C10H10N4O. The zero-order valence-electron chi connectivity index (χ0n) is 8.21. The number of nitrogens with two attached hydrogens (primary N) is 1. The van der Waals surface area contributed by atoms with E-state index in [-0.39, 0.29) is 0 Å². The van der Waals surface area contributed by atoms with Crippen molar-refractivity contribution in [2.24, 2.45) is 0 Å². The number of aromatic nitrogens is 3. The zero-order valence-corrected chi connectivity index (χ0v) is 8.21. The normalized spacial score (nSPS) is 9.93. The van der Waals surface area contributed by atoms with E-state index in [1.807, 2.05) is 0 Å². The van der Waals surface area contributed by atoms with Crippen LogP contribution in [0.5, 0.6) is 5.75 Å². The summed E-state index contributed by atoms with van der Waals surface area (Å²) >= 11 is 0. The summed E-state index contributed by atoms with van der Waals surface area (Å²) in [5, 5.41) is 0. The van der Waals surface area contributed by atoms with Crippen molar-refractivity contribution in [3.8, 4) is 17.1 Å². The Kier molecular flexibility index (Phi) is 2.45. The van der Waals surface area contributed by atoms with Crippen molar-refractivity contribution in [1.29, 1.82) is 0 Å². The van der Waals surface area contributed by atoms with Crippen LogP contribution in [-0.2, 0) is 0 Å². The molecule has 2 N–H and O–H groups in total. The smallest absolute Gasteiger partial charge is 0.151 e. The van der Waals surface area contributed by atoms with Gasteiger partial charge in [0.05, 0.1) is 7.11 Å². The Morgan fingerprint density at radius 3 is 2.53 bits per heavy atom. The van der Waals surface area contributed by atoms with Crippen LogP contribution in [0, 0.1) is 0 Å². The Morgan fingerprint density at radius 2 is 1.80 bits per heavy atom. The van der Waals surface area contributed by atoms with Crippen molar-refractivity contribution in [2.75, 3.05) is 12.8 Å². The van der Waals surface area contributed by atoms with E-state index in [4.69, 9.17) is 10.5 Å². The number of pyridine rings is 1.